The molecule has 0 unspecified atom stereocenters. The summed E-state index contributed by atoms with van der Waals surface area (Å²) in [6, 6.07) is 1.53. The number of hydrogen-bond donors (Lipinski definition) is 0. The summed E-state index contributed by atoms with van der Waals surface area (Å²) in [5.74, 6) is 3.55. The molecule has 0 aromatic carbocycles. The molecule has 2 aromatic heterocycles. The number of rotatable bonds is 2. The lowest BCUT2D eigenvalue weighted by atomic mass is 10.4. The Kier molecular flexibility index (Phi) is 1.80. The Hall–Kier alpha value is -1.86. The van der Waals surface area contributed by atoms with Gasteiger partial charge in [0.1, 0.15) is 5.52 Å². The summed E-state index contributed by atoms with van der Waals surface area (Å²) >= 11 is 5.83. The average Bonchev–Trinajstić information content (AvgIpc) is 2.35. The first-order chi connectivity index (χ1) is 9.66. The summed E-state index contributed by atoms with van der Waals surface area (Å²) in [7, 11) is 0. The van der Waals surface area contributed by atoms with E-state index < -0.39 is 13.4 Å². The van der Waals surface area contributed by atoms with Crippen LogP contribution in [0.5, 0.6) is 5.88 Å². The lowest BCUT2D eigenvalue weighted by Gasteiger charge is -2.02. The predicted octanol–water partition coefficient (Wildman–Crippen LogP) is 2.08. The van der Waals surface area contributed by atoms with Gasteiger partial charge in [0.05, 0.1) is 14.5 Å². The van der Waals surface area contributed by atoms with E-state index in [4.69, 9.17) is 23.2 Å². The first kappa shape index (κ1) is 6.02. The van der Waals surface area contributed by atoms with E-state index in [2.05, 4.69) is 15.0 Å². The second kappa shape index (κ2) is 4.77. The fourth-order valence-corrected chi connectivity index (χ4v) is 1.25. The Balaban J connectivity index is 2.29. The van der Waals surface area contributed by atoms with Gasteiger partial charge in [-0.25, -0.2) is 15.0 Å². The number of halogens is 1. The molecule has 0 N–H and O–H groups in total. The highest BCUT2D eigenvalue weighted by Crippen LogP contribution is 2.18. The maximum Gasteiger partial charge on any atom is 0.233 e. The first-order valence-electron chi connectivity index (χ1n) is 6.67. The minimum absolute atomic E-state index is 0.144. The van der Waals surface area contributed by atoms with Crippen molar-refractivity contribution in [2.24, 2.45) is 0 Å². The van der Waals surface area contributed by atoms with Gasteiger partial charge in [-0.3, -0.25) is 0 Å². The minimum Gasteiger partial charge on any atom is -0.463 e. The Morgan fingerprint density at radius 2 is 2.56 bits per heavy atom. The summed E-state index contributed by atoms with van der Waals surface area (Å²) in [6.45, 7) is -5.07. The molecule has 0 aliphatic heterocycles. The van der Waals surface area contributed by atoms with E-state index in [1.165, 1.54) is 12.3 Å². The van der Waals surface area contributed by atoms with Crippen LogP contribution in [-0.2, 0) is 0 Å². The van der Waals surface area contributed by atoms with Crippen molar-refractivity contribution >= 4 is 22.6 Å². The third-order valence-electron chi connectivity index (χ3n) is 1.66. The van der Waals surface area contributed by atoms with Crippen LogP contribution >= 0.6 is 11.6 Å². The van der Waals surface area contributed by atoms with E-state index in [9.17, 15) is 0 Å². The van der Waals surface area contributed by atoms with Crippen molar-refractivity contribution in [2.45, 2.75) is 6.85 Å². The van der Waals surface area contributed by atoms with E-state index >= 15 is 0 Å². The predicted molar refractivity (Wildman–Crippen MR) is 61.3 cm³/mol. The summed E-state index contributed by atoms with van der Waals surface area (Å²) < 4.78 is 40.7. The summed E-state index contributed by atoms with van der Waals surface area (Å²) in [5.41, 5.74) is 0.715. The summed E-state index contributed by atoms with van der Waals surface area (Å²) in [5, 5.41) is 0.164. The maximum absolute atomic E-state index is 7.51. The molecule has 0 amide bonds. The fraction of sp³-hybridized carbons (Fsp3) is 0.182. The molecule has 0 saturated heterocycles. The van der Waals surface area contributed by atoms with Gasteiger partial charge in [0.25, 0.3) is 0 Å². The van der Waals surface area contributed by atoms with Crippen molar-refractivity contribution in [3.63, 3.8) is 0 Å². The zero-order chi connectivity index (χ0) is 15.7. The van der Waals surface area contributed by atoms with E-state index in [1.54, 1.807) is 5.92 Å². The highest BCUT2D eigenvalue weighted by Gasteiger charge is 2.04. The van der Waals surface area contributed by atoms with Crippen molar-refractivity contribution in [3.05, 3.63) is 23.6 Å². The lowest BCUT2D eigenvalue weighted by Crippen LogP contribution is -1.97. The largest absolute Gasteiger partial charge is 0.463 e. The molecule has 80 valence electrons. The van der Waals surface area contributed by atoms with Crippen LogP contribution in [0.2, 0.25) is 5.15 Å². The molecule has 2 rings (SSSR count). The van der Waals surface area contributed by atoms with Crippen LogP contribution < -0.4 is 4.74 Å². The highest BCUT2D eigenvalue weighted by atomic mass is 35.5. The van der Waals surface area contributed by atoms with Gasteiger partial charge in [-0.1, -0.05) is 17.5 Å². The second-order valence-corrected chi connectivity index (χ2v) is 2.99. The number of nitrogens with zero attached hydrogens (tertiary/aromatic N) is 3. The molecule has 2 aromatic rings. The molecule has 0 aliphatic rings. The highest BCUT2D eigenvalue weighted by molar-refractivity contribution is 6.33. The van der Waals surface area contributed by atoms with Gasteiger partial charge >= 0.3 is 0 Å². The van der Waals surface area contributed by atoms with Gasteiger partial charge in [0, 0.05) is 10.3 Å². The standard InChI is InChI=1S/C11H8ClN3O/c1-2-3-6-16-9-7-14-10-8(15-9)4-5-13-11(10)12/h4-5,7H,6H2,1H3/i1D3,6D2. The zero-order valence-corrected chi connectivity index (χ0v) is 8.62. The van der Waals surface area contributed by atoms with Crippen molar-refractivity contribution in [1.82, 2.24) is 15.0 Å². The molecule has 0 bridgehead atoms. The lowest BCUT2D eigenvalue weighted by molar-refractivity contribution is 0.355. The fourth-order valence-electron chi connectivity index (χ4n) is 1.05. The first-order valence-corrected chi connectivity index (χ1v) is 4.55. The zero-order valence-electron chi connectivity index (χ0n) is 12.9. The molecule has 2 heterocycles. The molecule has 0 aliphatic carbocycles. The minimum atomic E-state index is -2.56. The SMILES string of the molecule is [2H]C([2H])([2H])C#CC([2H])([2H])Oc1cnc2c(Cl)nccc2n1. The Bertz CT molecular complexity index is 738. The smallest absolute Gasteiger partial charge is 0.233 e. The van der Waals surface area contributed by atoms with Crippen LogP contribution in [-0.4, -0.2) is 21.5 Å². The van der Waals surface area contributed by atoms with Crippen LogP contribution in [0.3, 0.4) is 0 Å². The van der Waals surface area contributed by atoms with Crippen molar-refractivity contribution in [3.8, 4) is 17.7 Å². The molecule has 16 heavy (non-hydrogen) atoms. The second-order valence-electron chi connectivity index (χ2n) is 2.63. The van der Waals surface area contributed by atoms with Gasteiger partial charge in [-0.15, -0.1) is 5.92 Å². The van der Waals surface area contributed by atoms with Crippen molar-refractivity contribution in [1.29, 1.82) is 0 Å². The van der Waals surface area contributed by atoms with Crippen LogP contribution in [0.25, 0.3) is 11.0 Å². The topological polar surface area (TPSA) is 47.9 Å². The number of ether oxygens (including phenoxy) is 1. The molecule has 0 atom stereocenters. The van der Waals surface area contributed by atoms with Gasteiger partial charge in [0.2, 0.25) is 5.88 Å². The van der Waals surface area contributed by atoms with E-state index in [-0.39, 0.29) is 11.0 Å². The van der Waals surface area contributed by atoms with Gasteiger partial charge in [0.15, 0.2) is 11.7 Å². The number of pyridine rings is 1. The van der Waals surface area contributed by atoms with Gasteiger partial charge in [-0.05, 0) is 12.9 Å². The third-order valence-corrected chi connectivity index (χ3v) is 1.94. The number of fused-ring (bicyclic) bond motifs is 1. The molecular formula is C11H8ClN3O. The molecule has 0 saturated carbocycles. The van der Waals surface area contributed by atoms with Crippen LogP contribution in [0, 0.1) is 11.8 Å². The molecule has 0 fully saturated rings. The molecule has 4 nitrogen and oxygen atoms in total. The maximum atomic E-state index is 7.51. The molecular weight excluding hydrogens is 226 g/mol. The Morgan fingerprint density at radius 3 is 3.44 bits per heavy atom. The van der Waals surface area contributed by atoms with E-state index in [0.717, 1.165) is 6.20 Å². The van der Waals surface area contributed by atoms with E-state index in [1.807, 2.05) is 5.92 Å². The van der Waals surface area contributed by atoms with Crippen molar-refractivity contribution < 1.29 is 11.6 Å². The average molecular weight is 239 g/mol. The number of hydrogen-bond acceptors (Lipinski definition) is 4. The summed E-state index contributed by atoms with van der Waals surface area (Å²) in [6.07, 6.45) is 2.58. The van der Waals surface area contributed by atoms with Gasteiger partial charge < -0.3 is 4.74 Å². The molecule has 5 heteroatoms. The quantitative estimate of drug-likeness (QED) is 0.594. The van der Waals surface area contributed by atoms with Crippen LogP contribution in [0.4, 0.5) is 0 Å². The van der Waals surface area contributed by atoms with Crippen LogP contribution in [0.1, 0.15) is 13.7 Å². The Labute approximate surface area is 105 Å². The van der Waals surface area contributed by atoms with Gasteiger partial charge in [-0.2, -0.15) is 0 Å². The molecule has 0 spiro atoms. The monoisotopic (exact) mass is 238 g/mol. The van der Waals surface area contributed by atoms with Crippen molar-refractivity contribution in [2.75, 3.05) is 6.56 Å². The summed E-state index contributed by atoms with van der Waals surface area (Å²) in [4.78, 5) is 11.8. The number of aromatic nitrogens is 3. The van der Waals surface area contributed by atoms with E-state index in [0.29, 0.717) is 11.0 Å². The van der Waals surface area contributed by atoms with Crippen LogP contribution in [0.15, 0.2) is 18.5 Å². The molecule has 0 radical (unpaired) electrons. The third kappa shape index (κ3) is 2.20. The normalized spacial score (nSPS) is 15.9. The Morgan fingerprint density at radius 1 is 1.62 bits per heavy atom.